The van der Waals surface area contributed by atoms with Crippen molar-refractivity contribution in [1.82, 2.24) is 10.6 Å². The molecule has 1 amide bonds. The van der Waals surface area contributed by atoms with Gasteiger partial charge in [0.1, 0.15) is 0 Å². The molecular formula is C22H24N2O3. The molecule has 0 radical (unpaired) electrons. The van der Waals surface area contributed by atoms with Crippen LogP contribution in [0.2, 0.25) is 0 Å². The highest BCUT2D eigenvalue weighted by Gasteiger charge is 2.31. The molecule has 4 rings (SSSR count). The monoisotopic (exact) mass is 364 g/mol. The molecular weight excluding hydrogens is 340 g/mol. The third kappa shape index (κ3) is 4.10. The van der Waals surface area contributed by atoms with Gasteiger partial charge < -0.3 is 15.7 Å². The van der Waals surface area contributed by atoms with E-state index in [1.165, 1.54) is 0 Å². The molecule has 1 unspecified atom stereocenters. The molecule has 1 saturated carbocycles. The van der Waals surface area contributed by atoms with Crippen molar-refractivity contribution >= 4 is 11.7 Å². The Kier molecular flexibility index (Phi) is 4.81. The highest BCUT2D eigenvalue weighted by Crippen LogP contribution is 2.33. The second-order valence-corrected chi connectivity index (χ2v) is 7.63. The number of nitrogens with one attached hydrogen (secondary N) is 2. The van der Waals surface area contributed by atoms with Crippen molar-refractivity contribution in [3.05, 3.63) is 59.7 Å². The summed E-state index contributed by atoms with van der Waals surface area (Å²) in [7, 11) is 0. The second-order valence-electron chi connectivity index (χ2n) is 7.63. The molecule has 2 aromatic rings. The van der Waals surface area contributed by atoms with Gasteiger partial charge in [-0.3, -0.25) is 9.59 Å². The van der Waals surface area contributed by atoms with Gasteiger partial charge in [-0.25, -0.2) is 0 Å². The second kappa shape index (κ2) is 7.25. The molecule has 5 nitrogen and oxygen atoms in total. The van der Waals surface area contributed by atoms with Gasteiger partial charge in [-0.2, -0.15) is 0 Å². The minimum absolute atomic E-state index is 0.188. The molecule has 0 spiro atoms. The Labute approximate surface area is 158 Å². The van der Waals surface area contributed by atoms with Crippen molar-refractivity contribution in [1.29, 1.82) is 0 Å². The number of carbonyl (C=O) groups is 2. The summed E-state index contributed by atoms with van der Waals surface area (Å²) in [5.74, 6) is 0.284. The lowest BCUT2D eigenvalue weighted by Crippen LogP contribution is -2.44. The third-order valence-corrected chi connectivity index (χ3v) is 5.40. The Balaban J connectivity index is 1.39. The number of ketones is 1. The number of aliphatic hydroxyl groups is 1. The maximum Gasteiger partial charge on any atom is 0.251 e. The molecule has 27 heavy (non-hydrogen) atoms. The van der Waals surface area contributed by atoms with E-state index in [0.29, 0.717) is 18.5 Å². The van der Waals surface area contributed by atoms with E-state index in [1.807, 2.05) is 36.4 Å². The van der Waals surface area contributed by atoms with Gasteiger partial charge in [0.2, 0.25) is 0 Å². The molecule has 2 fully saturated rings. The lowest BCUT2D eigenvalue weighted by Gasteiger charge is -2.21. The minimum atomic E-state index is -0.852. The van der Waals surface area contributed by atoms with Crippen LogP contribution < -0.4 is 10.6 Å². The molecule has 2 aromatic carbocycles. The summed E-state index contributed by atoms with van der Waals surface area (Å²) in [6.07, 6.45) is 2.67. The van der Waals surface area contributed by atoms with Gasteiger partial charge in [0.15, 0.2) is 5.78 Å². The molecule has 0 bridgehead atoms. The largest absolute Gasteiger partial charge is 0.387 e. The summed E-state index contributed by atoms with van der Waals surface area (Å²) in [5.41, 5.74) is 2.50. The van der Waals surface area contributed by atoms with Crippen molar-refractivity contribution in [2.45, 2.75) is 24.9 Å². The van der Waals surface area contributed by atoms with Crippen LogP contribution in [0, 0.1) is 5.92 Å². The summed E-state index contributed by atoms with van der Waals surface area (Å²) < 4.78 is 0. The molecule has 0 aromatic heterocycles. The van der Waals surface area contributed by atoms with Crippen LogP contribution in [0.1, 0.15) is 40.0 Å². The minimum Gasteiger partial charge on any atom is -0.387 e. The lowest BCUT2D eigenvalue weighted by molar-refractivity contribution is 0.0562. The van der Waals surface area contributed by atoms with E-state index in [2.05, 4.69) is 10.6 Å². The van der Waals surface area contributed by atoms with Crippen LogP contribution in [0.3, 0.4) is 0 Å². The molecule has 140 valence electrons. The highest BCUT2D eigenvalue weighted by atomic mass is 16.3. The van der Waals surface area contributed by atoms with Crippen LogP contribution in [-0.4, -0.2) is 42.0 Å². The van der Waals surface area contributed by atoms with Crippen LogP contribution in [0.4, 0.5) is 0 Å². The van der Waals surface area contributed by atoms with Gasteiger partial charge in [0.05, 0.1) is 5.60 Å². The van der Waals surface area contributed by atoms with E-state index < -0.39 is 5.60 Å². The molecule has 1 heterocycles. The lowest BCUT2D eigenvalue weighted by atomic mass is 10.00. The smallest absolute Gasteiger partial charge is 0.251 e. The molecule has 1 atom stereocenters. The van der Waals surface area contributed by atoms with E-state index >= 15 is 0 Å². The van der Waals surface area contributed by atoms with Crippen LogP contribution in [0.15, 0.2) is 48.5 Å². The zero-order valence-corrected chi connectivity index (χ0v) is 15.2. The third-order valence-electron chi connectivity index (χ3n) is 5.40. The standard InChI is InChI=1S/C22H24N2O3/c25-20(18-7-8-18)17-5-1-15(2-6-17)16-3-9-19(10-4-16)21(26)24-14-22(27)11-12-23-13-22/h1-6,9-10,18,23,27H,7-8,11-14H2,(H,24,26). The number of β-amino-alcohol motifs (C(OH)–C–C–N with tert-alkyl or cyclic N) is 1. The first-order valence-electron chi connectivity index (χ1n) is 9.50. The quantitative estimate of drug-likeness (QED) is 0.688. The number of carbonyl (C=O) groups excluding carboxylic acids is 2. The predicted octanol–water partition coefficient (Wildman–Crippen LogP) is 2.40. The van der Waals surface area contributed by atoms with E-state index in [4.69, 9.17) is 0 Å². The summed E-state index contributed by atoms with van der Waals surface area (Å²) in [4.78, 5) is 24.4. The fourth-order valence-electron chi connectivity index (χ4n) is 3.45. The van der Waals surface area contributed by atoms with Crippen LogP contribution in [-0.2, 0) is 0 Å². The number of benzene rings is 2. The maximum absolute atomic E-state index is 12.3. The van der Waals surface area contributed by atoms with Gasteiger partial charge >= 0.3 is 0 Å². The van der Waals surface area contributed by atoms with Crippen LogP contribution >= 0.6 is 0 Å². The topological polar surface area (TPSA) is 78.4 Å². The zero-order chi connectivity index (χ0) is 18.9. The fraction of sp³-hybridized carbons (Fsp3) is 0.364. The van der Waals surface area contributed by atoms with E-state index in [0.717, 1.165) is 36.1 Å². The SMILES string of the molecule is O=C(NCC1(O)CCNC1)c1ccc(-c2ccc(C(=O)C3CC3)cc2)cc1. The van der Waals surface area contributed by atoms with Gasteiger partial charge in [0, 0.05) is 30.1 Å². The number of Topliss-reactive ketones (excluding diaryl/α,β-unsaturated/α-hetero) is 1. The van der Waals surface area contributed by atoms with Crippen molar-refractivity contribution in [2.24, 2.45) is 5.92 Å². The Morgan fingerprint density at radius 1 is 1.00 bits per heavy atom. The number of hydrogen-bond acceptors (Lipinski definition) is 4. The fourth-order valence-corrected chi connectivity index (χ4v) is 3.45. The highest BCUT2D eigenvalue weighted by molar-refractivity contribution is 5.99. The summed E-state index contributed by atoms with van der Waals surface area (Å²) in [6, 6.07) is 15.0. The van der Waals surface area contributed by atoms with E-state index in [1.54, 1.807) is 12.1 Å². The Hall–Kier alpha value is -2.50. The zero-order valence-electron chi connectivity index (χ0n) is 15.2. The Bertz CT molecular complexity index is 833. The van der Waals surface area contributed by atoms with Gasteiger partial charge in [-0.1, -0.05) is 36.4 Å². The Morgan fingerprint density at radius 3 is 2.11 bits per heavy atom. The Morgan fingerprint density at radius 2 is 1.59 bits per heavy atom. The molecule has 2 aliphatic rings. The average Bonchev–Trinajstić information content (AvgIpc) is 3.47. The normalized spacial score (nSPS) is 21.8. The van der Waals surface area contributed by atoms with E-state index in [9.17, 15) is 14.7 Å². The summed E-state index contributed by atoms with van der Waals surface area (Å²) >= 11 is 0. The van der Waals surface area contributed by atoms with Gasteiger partial charge in [0.25, 0.3) is 5.91 Å². The number of hydrogen-bond donors (Lipinski definition) is 3. The molecule has 1 aliphatic heterocycles. The van der Waals surface area contributed by atoms with Gasteiger partial charge in [-0.15, -0.1) is 0 Å². The van der Waals surface area contributed by atoms with Crippen molar-refractivity contribution in [3.8, 4) is 11.1 Å². The van der Waals surface area contributed by atoms with Gasteiger partial charge in [-0.05, 0) is 49.1 Å². The first kappa shape index (κ1) is 17.9. The summed E-state index contributed by atoms with van der Waals surface area (Å²) in [5, 5.41) is 16.2. The first-order chi connectivity index (χ1) is 13.0. The molecule has 1 aliphatic carbocycles. The number of amides is 1. The number of rotatable bonds is 6. The van der Waals surface area contributed by atoms with E-state index in [-0.39, 0.29) is 24.2 Å². The molecule has 3 N–H and O–H groups in total. The van der Waals surface area contributed by atoms with Crippen LogP contribution in [0.25, 0.3) is 11.1 Å². The summed E-state index contributed by atoms with van der Waals surface area (Å²) in [6.45, 7) is 1.52. The molecule has 5 heteroatoms. The van der Waals surface area contributed by atoms with Crippen molar-refractivity contribution in [2.75, 3.05) is 19.6 Å². The average molecular weight is 364 g/mol. The maximum atomic E-state index is 12.3. The first-order valence-corrected chi connectivity index (χ1v) is 9.50. The van der Waals surface area contributed by atoms with Crippen molar-refractivity contribution in [3.63, 3.8) is 0 Å². The molecule has 1 saturated heterocycles. The van der Waals surface area contributed by atoms with Crippen molar-refractivity contribution < 1.29 is 14.7 Å². The predicted molar refractivity (Wildman–Crippen MR) is 104 cm³/mol. The van der Waals surface area contributed by atoms with Crippen LogP contribution in [0.5, 0.6) is 0 Å².